The monoisotopic (exact) mass is 313 g/mol. The Bertz CT molecular complexity index is 117. The van der Waals surface area contributed by atoms with Crippen molar-refractivity contribution in [1.82, 2.24) is 4.90 Å². The van der Waals surface area contributed by atoms with Crippen molar-refractivity contribution in [3.63, 3.8) is 0 Å². The molecule has 1 fully saturated rings. The van der Waals surface area contributed by atoms with Gasteiger partial charge >= 0.3 is 0 Å². The summed E-state index contributed by atoms with van der Waals surface area (Å²) in [5.41, 5.74) is 0. The molecule has 1 aliphatic heterocycles. The van der Waals surface area contributed by atoms with Crippen LogP contribution < -0.4 is 0 Å². The summed E-state index contributed by atoms with van der Waals surface area (Å²) in [4.78, 5) is 2.60. The Morgan fingerprint density at radius 2 is 1.64 bits per heavy atom. The highest BCUT2D eigenvalue weighted by molar-refractivity contribution is 14.0. The van der Waals surface area contributed by atoms with Crippen molar-refractivity contribution >= 4 is 24.0 Å². The average Bonchev–Trinajstić information content (AvgIpc) is 2.33. The molecular weight excluding hydrogens is 285 g/mol. The molecule has 1 nitrogen and oxygen atoms in total. The normalized spacial score (nSPS) is 28.1. The van der Waals surface area contributed by atoms with E-state index in [-0.39, 0.29) is 24.0 Å². The summed E-state index contributed by atoms with van der Waals surface area (Å²) in [6, 6.07) is 0.824. The Kier molecular flexibility index (Phi) is 12.5. The van der Waals surface area contributed by atoms with E-state index in [0.29, 0.717) is 0 Å². The fraction of sp³-hybridized carbons (Fsp3) is 1.00. The fourth-order valence-electron chi connectivity index (χ4n) is 1.93. The first-order chi connectivity index (χ1) is 6.24. The van der Waals surface area contributed by atoms with Crippen molar-refractivity contribution in [2.45, 2.75) is 59.9 Å². The van der Waals surface area contributed by atoms with Gasteiger partial charge in [0.25, 0.3) is 0 Å². The summed E-state index contributed by atoms with van der Waals surface area (Å²) in [5, 5.41) is 0. The molecule has 0 aromatic rings. The molecule has 0 N–H and O–H groups in total. The summed E-state index contributed by atoms with van der Waals surface area (Å²) < 4.78 is 0. The molecular formula is C12H28IN. The number of hydrogen-bond acceptors (Lipinski definition) is 1. The summed E-state index contributed by atoms with van der Waals surface area (Å²) in [5.74, 6) is 0.953. The lowest BCUT2D eigenvalue weighted by molar-refractivity contribution is 0.224. The maximum Gasteiger partial charge on any atom is 0.00669 e. The number of hydrogen-bond donors (Lipinski definition) is 0. The van der Waals surface area contributed by atoms with Crippen LogP contribution in [-0.2, 0) is 0 Å². The van der Waals surface area contributed by atoms with Crippen LogP contribution in [0.3, 0.4) is 0 Å². The Balaban J connectivity index is 0. The average molecular weight is 313 g/mol. The zero-order valence-corrected chi connectivity index (χ0v) is 12.9. The second kappa shape index (κ2) is 10.2. The summed E-state index contributed by atoms with van der Waals surface area (Å²) in [7, 11) is 0. The molecule has 0 aliphatic carbocycles. The van der Waals surface area contributed by atoms with Crippen molar-refractivity contribution in [2.75, 3.05) is 13.1 Å². The van der Waals surface area contributed by atoms with Gasteiger partial charge in [0.15, 0.2) is 0 Å². The minimum absolute atomic E-state index is 0. The van der Waals surface area contributed by atoms with E-state index in [1.165, 1.54) is 32.4 Å². The molecule has 2 heteroatoms. The van der Waals surface area contributed by atoms with E-state index in [9.17, 15) is 0 Å². The summed E-state index contributed by atoms with van der Waals surface area (Å²) in [6.07, 6.45) is 4.23. The first kappa shape index (κ1) is 17.1. The SMILES string of the molecule is CC.CCN1CCC(C)CCC1C.I. The second-order valence-electron chi connectivity index (χ2n) is 3.95. The summed E-state index contributed by atoms with van der Waals surface area (Å²) >= 11 is 0. The lowest BCUT2D eigenvalue weighted by Crippen LogP contribution is -2.32. The van der Waals surface area contributed by atoms with E-state index in [1.807, 2.05) is 13.8 Å². The van der Waals surface area contributed by atoms with Crippen LogP contribution in [0.25, 0.3) is 0 Å². The zero-order chi connectivity index (χ0) is 10.3. The lowest BCUT2D eigenvalue weighted by atomic mass is 10.0. The maximum atomic E-state index is 2.60. The molecule has 1 aliphatic rings. The highest BCUT2D eigenvalue weighted by atomic mass is 127. The Morgan fingerprint density at radius 3 is 2.14 bits per heavy atom. The number of nitrogens with zero attached hydrogens (tertiary/aromatic N) is 1. The van der Waals surface area contributed by atoms with Gasteiger partial charge in [-0.3, -0.25) is 0 Å². The van der Waals surface area contributed by atoms with Gasteiger partial charge in [-0.1, -0.05) is 27.7 Å². The predicted molar refractivity (Wildman–Crippen MR) is 76.5 cm³/mol. The highest BCUT2D eigenvalue weighted by Crippen LogP contribution is 2.20. The van der Waals surface area contributed by atoms with Gasteiger partial charge < -0.3 is 4.90 Å². The molecule has 1 heterocycles. The highest BCUT2D eigenvalue weighted by Gasteiger charge is 2.17. The predicted octanol–water partition coefficient (Wildman–Crippen LogP) is 4.16. The quantitative estimate of drug-likeness (QED) is 0.657. The van der Waals surface area contributed by atoms with E-state index in [4.69, 9.17) is 0 Å². The number of likely N-dealkylation sites (tertiary alicyclic amines) is 1. The molecule has 2 atom stereocenters. The van der Waals surface area contributed by atoms with Crippen LogP contribution in [0.5, 0.6) is 0 Å². The molecule has 0 amide bonds. The van der Waals surface area contributed by atoms with Crippen LogP contribution in [0.2, 0.25) is 0 Å². The molecule has 14 heavy (non-hydrogen) atoms. The van der Waals surface area contributed by atoms with Crippen LogP contribution in [0.4, 0.5) is 0 Å². The van der Waals surface area contributed by atoms with Gasteiger partial charge in [0.2, 0.25) is 0 Å². The molecule has 0 spiro atoms. The first-order valence-electron chi connectivity index (χ1n) is 5.98. The van der Waals surface area contributed by atoms with Gasteiger partial charge in [-0.2, -0.15) is 0 Å². The van der Waals surface area contributed by atoms with Crippen LogP contribution in [-0.4, -0.2) is 24.0 Å². The second-order valence-corrected chi connectivity index (χ2v) is 3.95. The summed E-state index contributed by atoms with van der Waals surface area (Å²) in [6.45, 7) is 13.6. The van der Waals surface area contributed by atoms with Crippen LogP contribution in [0, 0.1) is 5.92 Å². The molecule has 1 saturated heterocycles. The Morgan fingerprint density at radius 1 is 1.07 bits per heavy atom. The smallest absolute Gasteiger partial charge is 0.00669 e. The van der Waals surface area contributed by atoms with Gasteiger partial charge in [0.05, 0.1) is 0 Å². The largest absolute Gasteiger partial charge is 0.301 e. The minimum Gasteiger partial charge on any atom is -0.301 e. The zero-order valence-electron chi connectivity index (χ0n) is 10.5. The van der Waals surface area contributed by atoms with Crippen molar-refractivity contribution < 1.29 is 0 Å². The Labute approximate surface area is 108 Å². The van der Waals surface area contributed by atoms with Crippen molar-refractivity contribution in [3.8, 4) is 0 Å². The topological polar surface area (TPSA) is 3.24 Å². The molecule has 88 valence electrons. The van der Waals surface area contributed by atoms with Crippen LogP contribution >= 0.6 is 24.0 Å². The van der Waals surface area contributed by atoms with Gasteiger partial charge in [-0.15, -0.1) is 24.0 Å². The lowest BCUT2D eigenvalue weighted by Gasteiger charge is -2.24. The van der Waals surface area contributed by atoms with Gasteiger partial charge in [-0.05, 0) is 45.2 Å². The van der Waals surface area contributed by atoms with Crippen molar-refractivity contribution in [1.29, 1.82) is 0 Å². The van der Waals surface area contributed by atoms with Gasteiger partial charge in [0.1, 0.15) is 0 Å². The third kappa shape index (κ3) is 6.23. The molecule has 2 unspecified atom stereocenters. The van der Waals surface area contributed by atoms with Crippen molar-refractivity contribution in [2.24, 2.45) is 5.92 Å². The van der Waals surface area contributed by atoms with Gasteiger partial charge in [-0.25, -0.2) is 0 Å². The van der Waals surface area contributed by atoms with Crippen LogP contribution in [0.1, 0.15) is 53.9 Å². The Hall–Kier alpha value is 0.690. The molecule has 1 rings (SSSR count). The molecule has 0 radical (unpaired) electrons. The van der Waals surface area contributed by atoms with Gasteiger partial charge in [0, 0.05) is 6.04 Å². The standard InChI is InChI=1S/C10H21N.C2H6.HI/c1-4-11-8-7-9(2)5-6-10(11)3;1-2;/h9-10H,4-8H2,1-3H3;1-2H3;1H. The third-order valence-corrected chi connectivity index (χ3v) is 3.02. The van der Waals surface area contributed by atoms with Crippen molar-refractivity contribution in [3.05, 3.63) is 0 Å². The minimum atomic E-state index is 0. The first-order valence-corrected chi connectivity index (χ1v) is 5.98. The number of halogens is 1. The van der Waals surface area contributed by atoms with E-state index in [0.717, 1.165) is 12.0 Å². The maximum absolute atomic E-state index is 2.60. The molecule has 0 aromatic heterocycles. The molecule has 0 saturated carbocycles. The van der Waals surface area contributed by atoms with Crippen LogP contribution in [0.15, 0.2) is 0 Å². The molecule has 0 bridgehead atoms. The molecule has 0 aromatic carbocycles. The van der Waals surface area contributed by atoms with E-state index >= 15 is 0 Å². The van der Waals surface area contributed by atoms with E-state index < -0.39 is 0 Å². The fourth-order valence-corrected chi connectivity index (χ4v) is 1.93. The van der Waals surface area contributed by atoms with E-state index in [2.05, 4.69) is 25.7 Å². The van der Waals surface area contributed by atoms with E-state index in [1.54, 1.807) is 0 Å². The number of rotatable bonds is 1. The third-order valence-electron chi connectivity index (χ3n) is 3.02.